The summed E-state index contributed by atoms with van der Waals surface area (Å²) in [5.74, 6) is -1.33. The van der Waals surface area contributed by atoms with Gasteiger partial charge in [-0.25, -0.2) is 14.2 Å². The molecule has 0 atom stereocenters. The van der Waals surface area contributed by atoms with Crippen LogP contribution in [0.15, 0.2) is 42.5 Å². The number of aromatic amines is 1. The van der Waals surface area contributed by atoms with Crippen molar-refractivity contribution in [2.45, 2.75) is 6.42 Å². The number of carboxylic acid groups (broad SMARTS) is 1. The molecule has 0 aliphatic rings. The average Bonchev–Trinajstić information content (AvgIpc) is 3.17. The van der Waals surface area contributed by atoms with E-state index in [0.29, 0.717) is 29.7 Å². The fourth-order valence-corrected chi connectivity index (χ4v) is 3.53. The summed E-state index contributed by atoms with van der Waals surface area (Å²) in [4.78, 5) is 19.2. The van der Waals surface area contributed by atoms with Crippen LogP contribution < -0.4 is 16.4 Å². The van der Waals surface area contributed by atoms with Gasteiger partial charge in [0.25, 0.3) is 0 Å². The summed E-state index contributed by atoms with van der Waals surface area (Å²) >= 11 is 0. The van der Waals surface area contributed by atoms with Crippen molar-refractivity contribution >= 4 is 39.3 Å². The van der Waals surface area contributed by atoms with Crippen molar-refractivity contribution in [2.24, 2.45) is 5.73 Å². The van der Waals surface area contributed by atoms with Crippen LogP contribution in [0.3, 0.4) is 0 Å². The molecule has 30 heavy (non-hydrogen) atoms. The fourth-order valence-electron chi connectivity index (χ4n) is 3.53. The number of anilines is 2. The molecule has 0 aliphatic heterocycles. The van der Waals surface area contributed by atoms with Crippen LogP contribution in [-0.2, 0) is 0 Å². The maximum atomic E-state index is 14.3. The second-order valence-electron chi connectivity index (χ2n) is 6.98. The van der Waals surface area contributed by atoms with E-state index in [4.69, 9.17) is 15.8 Å². The first-order valence-corrected chi connectivity index (χ1v) is 9.63. The molecule has 0 amide bonds. The number of nitrogens with zero attached hydrogens (tertiary/aromatic N) is 1. The van der Waals surface area contributed by atoms with Gasteiger partial charge in [-0.15, -0.1) is 0 Å². The summed E-state index contributed by atoms with van der Waals surface area (Å²) < 4.78 is 14.3. The molecule has 0 spiro atoms. The Labute approximate surface area is 172 Å². The van der Waals surface area contributed by atoms with Crippen LogP contribution in [0, 0.1) is 5.82 Å². The summed E-state index contributed by atoms with van der Waals surface area (Å²) in [7, 11) is 1.73. The van der Waals surface area contributed by atoms with E-state index < -0.39 is 5.97 Å². The number of nitrogens with two attached hydrogens (primary N) is 1. The number of halogens is 1. The molecule has 4 aromatic rings. The molecule has 2 heterocycles. The van der Waals surface area contributed by atoms with Crippen LogP contribution >= 0.6 is 0 Å². The molecule has 0 aliphatic carbocycles. The highest BCUT2D eigenvalue weighted by molar-refractivity contribution is 6.10. The monoisotopic (exact) mass is 407 g/mol. The lowest BCUT2D eigenvalue weighted by molar-refractivity contribution is 0.0697. The minimum absolute atomic E-state index is 0.219. The number of aromatic nitrogens is 2. The molecule has 0 unspecified atom stereocenters. The van der Waals surface area contributed by atoms with Crippen LogP contribution in [0.1, 0.15) is 16.8 Å². The van der Waals surface area contributed by atoms with Crippen LogP contribution in [0.25, 0.3) is 33.2 Å². The minimum Gasteiger partial charge on any atom is -0.478 e. The molecule has 0 saturated carbocycles. The van der Waals surface area contributed by atoms with Gasteiger partial charge in [0.1, 0.15) is 5.82 Å². The highest BCUT2D eigenvalue weighted by Crippen LogP contribution is 2.36. The van der Waals surface area contributed by atoms with Crippen LogP contribution in [0.4, 0.5) is 15.8 Å². The van der Waals surface area contributed by atoms with Crippen LogP contribution in [-0.4, -0.2) is 41.2 Å². The van der Waals surface area contributed by atoms with Gasteiger partial charge in [-0.1, -0.05) is 12.1 Å². The van der Waals surface area contributed by atoms with E-state index in [1.807, 2.05) is 6.07 Å². The Morgan fingerprint density at radius 2 is 2.00 bits per heavy atom. The second kappa shape index (κ2) is 8.00. The van der Waals surface area contributed by atoms with Gasteiger partial charge in [0.15, 0.2) is 0 Å². The maximum Gasteiger partial charge on any atom is 0.335 e. The van der Waals surface area contributed by atoms with Crippen molar-refractivity contribution in [3.05, 3.63) is 53.8 Å². The first-order valence-electron chi connectivity index (χ1n) is 9.63. The lowest BCUT2D eigenvalue weighted by Gasteiger charge is -2.13. The van der Waals surface area contributed by atoms with Gasteiger partial charge in [0.2, 0.25) is 0 Å². The number of pyridine rings is 1. The van der Waals surface area contributed by atoms with E-state index in [9.17, 15) is 9.18 Å². The van der Waals surface area contributed by atoms with E-state index in [-0.39, 0.29) is 11.4 Å². The molecule has 7 nitrogen and oxygen atoms in total. The van der Waals surface area contributed by atoms with Gasteiger partial charge in [0, 0.05) is 24.7 Å². The molecule has 0 fully saturated rings. The van der Waals surface area contributed by atoms with Crippen molar-refractivity contribution in [1.82, 2.24) is 9.97 Å². The van der Waals surface area contributed by atoms with Crippen molar-refractivity contribution in [2.75, 3.05) is 30.8 Å². The Morgan fingerprint density at radius 1 is 1.23 bits per heavy atom. The third kappa shape index (κ3) is 3.53. The van der Waals surface area contributed by atoms with E-state index in [0.717, 1.165) is 34.4 Å². The molecule has 4 rings (SSSR count). The summed E-state index contributed by atoms with van der Waals surface area (Å²) in [5.41, 5.74) is 11.0. The van der Waals surface area contributed by atoms with Gasteiger partial charge < -0.3 is 26.5 Å². The van der Waals surface area contributed by atoms with Gasteiger partial charge in [-0.3, -0.25) is 0 Å². The Balaban J connectivity index is 1.91. The van der Waals surface area contributed by atoms with E-state index in [2.05, 4.69) is 15.6 Å². The molecular weight excluding hydrogens is 385 g/mol. The summed E-state index contributed by atoms with van der Waals surface area (Å²) in [6, 6.07) is 11.4. The molecule has 6 N–H and O–H groups in total. The van der Waals surface area contributed by atoms with E-state index in [1.54, 1.807) is 31.3 Å². The Morgan fingerprint density at radius 3 is 2.67 bits per heavy atom. The van der Waals surface area contributed by atoms with Crippen molar-refractivity contribution in [3.63, 3.8) is 0 Å². The largest absolute Gasteiger partial charge is 0.478 e. The number of nitrogens with one attached hydrogen (secondary N) is 3. The first-order chi connectivity index (χ1) is 14.5. The summed E-state index contributed by atoms with van der Waals surface area (Å²) in [5, 5.41) is 16.2. The van der Waals surface area contributed by atoms with E-state index >= 15 is 0 Å². The van der Waals surface area contributed by atoms with Gasteiger partial charge in [-0.05, 0) is 48.9 Å². The third-order valence-corrected chi connectivity index (χ3v) is 5.02. The van der Waals surface area contributed by atoms with E-state index in [1.165, 1.54) is 12.1 Å². The fraction of sp³-hybridized carbons (Fsp3) is 0.182. The number of hydrogen-bond donors (Lipinski definition) is 5. The summed E-state index contributed by atoms with van der Waals surface area (Å²) in [6.07, 6.45) is 0.768. The smallest absolute Gasteiger partial charge is 0.335 e. The SMILES string of the molecule is CNc1cc(F)cc2c(NCCCN)c3[nH]c(-c4ccc(C(=O)O)cc4)cc3nc12. The van der Waals surface area contributed by atoms with Crippen LogP contribution in [0.5, 0.6) is 0 Å². The minimum atomic E-state index is -0.973. The summed E-state index contributed by atoms with van der Waals surface area (Å²) in [6.45, 7) is 1.18. The molecule has 8 heteroatoms. The van der Waals surface area contributed by atoms with Gasteiger partial charge in [0.05, 0.1) is 33.5 Å². The lowest BCUT2D eigenvalue weighted by Crippen LogP contribution is -2.09. The molecule has 2 aromatic heterocycles. The zero-order valence-electron chi connectivity index (χ0n) is 16.4. The molecule has 2 aromatic carbocycles. The number of carbonyl (C=O) groups is 1. The lowest BCUT2D eigenvalue weighted by atomic mass is 10.1. The van der Waals surface area contributed by atoms with Gasteiger partial charge >= 0.3 is 5.97 Å². The second-order valence-corrected chi connectivity index (χ2v) is 6.98. The number of carboxylic acids is 1. The number of fused-ring (bicyclic) bond motifs is 2. The molecule has 0 radical (unpaired) electrons. The molecule has 154 valence electrons. The topological polar surface area (TPSA) is 116 Å². The van der Waals surface area contributed by atoms with Gasteiger partial charge in [-0.2, -0.15) is 0 Å². The molecular formula is C22H22FN5O2. The predicted molar refractivity (Wildman–Crippen MR) is 118 cm³/mol. The number of hydrogen-bond acceptors (Lipinski definition) is 5. The zero-order valence-corrected chi connectivity index (χ0v) is 16.4. The third-order valence-electron chi connectivity index (χ3n) is 5.02. The normalized spacial score (nSPS) is 11.2. The highest BCUT2D eigenvalue weighted by atomic mass is 19.1. The number of H-pyrrole nitrogens is 1. The standard InChI is InChI=1S/C22H22FN5O2/c1-25-17-10-14(23)9-15-19(17)28-18-11-16(12-3-5-13(6-4-12)22(29)30)27-21(18)20(15)26-8-2-7-24/h3-6,9-11,25,27H,2,7-8,24H2,1H3,(H,26,28)(H,29,30). The number of rotatable bonds is 7. The van der Waals surface area contributed by atoms with Crippen molar-refractivity contribution in [1.29, 1.82) is 0 Å². The first kappa shape index (κ1) is 19.7. The quantitative estimate of drug-likeness (QED) is 0.296. The number of benzene rings is 2. The molecule has 0 saturated heterocycles. The Kier molecular flexibility index (Phi) is 5.24. The van der Waals surface area contributed by atoms with Crippen molar-refractivity contribution < 1.29 is 14.3 Å². The van der Waals surface area contributed by atoms with Crippen molar-refractivity contribution in [3.8, 4) is 11.3 Å². The average molecular weight is 407 g/mol. The zero-order chi connectivity index (χ0) is 21.3. The highest BCUT2D eigenvalue weighted by Gasteiger charge is 2.16. The number of aromatic carboxylic acids is 1. The Hall–Kier alpha value is -3.65. The maximum absolute atomic E-state index is 14.3. The predicted octanol–water partition coefficient (Wildman–Crippen LogP) is 4.02. The van der Waals surface area contributed by atoms with Crippen LogP contribution in [0.2, 0.25) is 0 Å². The Bertz CT molecular complexity index is 1230. The molecule has 0 bridgehead atoms.